The molecule has 0 aromatic rings. The molecule has 3 unspecified atom stereocenters. The van der Waals surface area contributed by atoms with Gasteiger partial charge in [-0.25, -0.2) is 8.42 Å². The normalized spacial score (nSPS) is 34.7. The van der Waals surface area contributed by atoms with Gasteiger partial charge in [0.25, 0.3) is 0 Å². The molecule has 1 saturated carbocycles. The molecule has 0 aromatic heterocycles. The maximum absolute atomic E-state index is 12.0. The van der Waals surface area contributed by atoms with Crippen molar-refractivity contribution in [1.29, 1.82) is 0 Å². The smallest absolute Gasteiger partial charge is 0.238 e. The highest BCUT2D eigenvalue weighted by atomic mass is 32.2. The molecule has 6 heteroatoms. The predicted octanol–water partition coefficient (Wildman–Crippen LogP) is 0.621. The van der Waals surface area contributed by atoms with Crippen molar-refractivity contribution in [3.05, 3.63) is 0 Å². The molecule has 1 amide bonds. The van der Waals surface area contributed by atoms with Crippen LogP contribution in [0.3, 0.4) is 0 Å². The zero-order valence-electron chi connectivity index (χ0n) is 11.2. The molecule has 1 heterocycles. The molecule has 2 fully saturated rings. The molecule has 0 spiro atoms. The van der Waals surface area contributed by atoms with Crippen molar-refractivity contribution in [2.75, 3.05) is 12.3 Å². The van der Waals surface area contributed by atoms with E-state index in [0.717, 1.165) is 25.7 Å². The Morgan fingerprint density at radius 3 is 2.63 bits per heavy atom. The Labute approximate surface area is 114 Å². The number of nitrogens with one attached hydrogen (secondary N) is 1. The summed E-state index contributed by atoms with van der Waals surface area (Å²) in [6.45, 7) is 0.488. The highest BCUT2D eigenvalue weighted by Crippen LogP contribution is 2.24. The molecule has 110 valence electrons. The van der Waals surface area contributed by atoms with Gasteiger partial charge >= 0.3 is 0 Å². The van der Waals surface area contributed by atoms with E-state index < -0.39 is 15.1 Å². The van der Waals surface area contributed by atoms with Gasteiger partial charge in [-0.05, 0) is 38.0 Å². The molecule has 2 rings (SSSR count). The SMILES string of the molecule is O=C(NCC1CCCC(O)C1)C1CCCCS1(=O)=O. The van der Waals surface area contributed by atoms with E-state index in [9.17, 15) is 18.3 Å². The van der Waals surface area contributed by atoms with E-state index in [0.29, 0.717) is 25.8 Å². The van der Waals surface area contributed by atoms with Crippen LogP contribution >= 0.6 is 0 Å². The average molecular weight is 289 g/mol. The summed E-state index contributed by atoms with van der Waals surface area (Å²) in [5, 5.41) is 11.5. The molecule has 0 aromatic carbocycles. The summed E-state index contributed by atoms with van der Waals surface area (Å²) in [6, 6.07) is 0. The molecule has 0 bridgehead atoms. The van der Waals surface area contributed by atoms with Crippen molar-refractivity contribution >= 4 is 15.7 Å². The Bertz CT molecular complexity index is 420. The maximum Gasteiger partial charge on any atom is 0.238 e. The molecular formula is C13H23NO4S. The summed E-state index contributed by atoms with van der Waals surface area (Å²) >= 11 is 0. The molecular weight excluding hydrogens is 266 g/mol. The number of aliphatic hydroxyl groups excluding tert-OH is 1. The van der Waals surface area contributed by atoms with Gasteiger partial charge in [-0.3, -0.25) is 4.79 Å². The lowest BCUT2D eigenvalue weighted by molar-refractivity contribution is -0.121. The molecule has 0 radical (unpaired) electrons. The van der Waals surface area contributed by atoms with Crippen molar-refractivity contribution in [3.8, 4) is 0 Å². The van der Waals surface area contributed by atoms with Gasteiger partial charge in [0.15, 0.2) is 9.84 Å². The first-order chi connectivity index (χ1) is 8.99. The van der Waals surface area contributed by atoms with E-state index in [4.69, 9.17) is 0 Å². The van der Waals surface area contributed by atoms with Crippen molar-refractivity contribution < 1.29 is 18.3 Å². The van der Waals surface area contributed by atoms with Gasteiger partial charge in [0, 0.05) is 6.54 Å². The fraction of sp³-hybridized carbons (Fsp3) is 0.923. The first kappa shape index (κ1) is 14.8. The van der Waals surface area contributed by atoms with E-state index in [1.54, 1.807) is 0 Å². The Morgan fingerprint density at radius 2 is 1.95 bits per heavy atom. The molecule has 5 nitrogen and oxygen atoms in total. The van der Waals surface area contributed by atoms with Crippen molar-refractivity contribution in [3.63, 3.8) is 0 Å². The topological polar surface area (TPSA) is 83.5 Å². The molecule has 19 heavy (non-hydrogen) atoms. The number of amides is 1. The fourth-order valence-corrected chi connectivity index (χ4v) is 4.88. The minimum Gasteiger partial charge on any atom is -0.393 e. The van der Waals surface area contributed by atoms with Crippen molar-refractivity contribution in [2.45, 2.75) is 56.3 Å². The zero-order valence-corrected chi connectivity index (χ0v) is 12.0. The summed E-state index contributed by atoms with van der Waals surface area (Å²) in [5.74, 6) is 0.0616. The third kappa shape index (κ3) is 3.92. The van der Waals surface area contributed by atoms with Gasteiger partial charge < -0.3 is 10.4 Å². The van der Waals surface area contributed by atoms with Gasteiger partial charge in [-0.1, -0.05) is 12.8 Å². The molecule has 1 aliphatic heterocycles. The van der Waals surface area contributed by atoms with E-state index in [-0.39, 0.29) is 23.7 Å². The van der Waals surface area contributed by atoms with Gasteiger partial charge in [0.05, 0.1) is 11.9 Å². The van der Waals surface area contributed by atoms with Crippen LogP contribution in [-0.4, -0.2) is 43.1 Å². The first-order valence-electron chi connectivity index (χ1n) is 7.16. The van der Waals surface area contributed by atoms with Crippen LogP contribution in [0.4, 0.5) is 0 Å². The summed E-state index contributed by atoms with van der Waals surface area (Å²) in [7, 11) is -3.25. The second-order valence-electron chi connectivity index (χ2n) is 5.78. The van der Waals surface area contributed by atoms with Crippen LogP contribution in [-0.2, 0) is 14.6 Å². The monoisotopic (exact) mass is 289 g/mol. The minimum absolute atomic E-state index is 0.132. The number of carbonyl (C=O) groups excluding carboxylic acids is 1. The highest BCUT2D eigenvalue weighted by Gasteiger charge is 2.35. The number of sulfone groups is 1. The maximum atomic E-state index is 12.0. The minimum atomic E-state index is -3.25. The zero-order chi connectivity index (χ0) is 13.9. The van der Waals surface area contributed by atoms with Gasteiger partial charge in [0.2, 0.25) is 5.91 Å². The predicted molar refractivity (Wildman–Crippen MR) is 72.4 cm³/mol. The van der Waals surface area contributed by atoms with Gasteiger partial charge in [-0.15, -0.1) is 0 Å². The quantitative estimate of drug-likeness (QED) is 0.798. The van der Waals surface area contributed by atoms with Crippen LogP contribution in [0.15, 0.2) is 0 Å². The van der Waals surface area contributed by atoms with Crippen LogP contribution in [0.5, 0.6) is 0 Å². The largest absolute Gasteiger partial charge is 0.393 e. The van der Waals surface area contributed by atoms with Crippen LogP contribution in [0, 0.1) is 5.92 Å². The third-order valence-electron chi connectivity index (χ3n) is 4.19. The van der Waals surface area contributed by atoms with Crippen LogP contribution in [0.25, 0.3) is 0 Å². The van der Waals surface area contributed by atoms with E-state index in [1.807, 2.05) is 0 Å². The lowest BCUT2D eigenvalue weighted by Gasteiger charge is -2.27. The Hall–Kier alpha value is -0.620. The third-order valence-corrected chi connectivity index (χ3v) is 6.37. The van der Waals surface area contributed by atoms with Crippen LogP contribution in [0.2, 0.25) is 0 Å². The summed E-state index contributed by atoms with van der Waals surface area (Å²) < 4.78 is 23.7. The number of rotatable bonds is 3. The summed E-state index contributed by atoms with van der Waals surface area (Å²) in [5.41, 5.74) is 0. The Kier molecular flexibility index (Phi) is 4.84. The molecule has 1 saturated heterocycles. The number of hydrogen-bond acceptors (Lipinski definition) is 4. The summed E-state index contributed by atoms with van der Waals surface area (Å²) in [6.07, 6.45) is 5.16. The lowest BCUT2D eigenvalue weighted by atomic mass is 9.87. The highest BCUT2D eigenvalue weighted by molar-refractivity contribution is 7.92. The van der Waals surface area contributed by atoms with E-state index >= 15 is 0 Å². The number of hydrogen-bond donors (Lipinski definition) is 2. The molecule has 3 atom stereocenters. The standard InChI is InChI=1S/C13H23NO4S/c15-11-5-3-4-10(8-11)9-14-13(16)12-6-1-2-7-19(12,17)18/h10-12,15H,1-9H2,(H,14,16). The average Bonchev–Trinajstić information content (AvgIpc) is 2.35. The fourth-order valence-electron chi connectivity index (χ4n) is 3.06. The van der Waals surface area contributed by atoms with Crippen LogP contribution in [0.1, 0.15) is 44.9 Å². The van der Waals surface area contributed by atoms with E-state index in [1.165, 1.54) is 0 Å². The van der Waals surface area contributed by atoms with E-state index in [2.05, 4.69) is 5.32 Å². The second-order valence-corrected chi connectivity index (χ2v) is 8.09. The van der Waals surface area contributed by atoms with Gasteiger partial charge in [0.1, 0.15) is 5.25 Å². The number of aliphatic hydroxyl groups is 1. The van der Waals surface area contributed by atoms with Crippen molar-refractivity contribution in [1.82, 2.24) is 5.32 Å². The second kappa shape index (κ2) is 6.22. The molecule has 2 N–H and O–H groups in total. The molecule has 1 aliphatic carbocycles. The lowest BCUT2D eigenvalue weighted by Crippen LogP contribution is -2.44. The van der Waals surface area contributed by atoms with Crippen molar-refractivity contribution in [2.24, 2.45) is 5.92 Å². The Balaban J connectivity index is 1.83. The summed E-state index contributed by atoms with van der Waals surface area (Å²) in [4.78, 5) is 12.0. The first-order valence-corrected chi connectivity index (χ1v) is 8.88. The van der Waals surface area contributed by atoms with Crippen LogP contribution < -0.4 is 5.32 Å². The Morgan fingerprint density at radius 1 is 1.16 bits per heavy atom. The molecule has 2 aliphatic rings. The van der Waals surface area contributed by atoms with Gasteiger partial charge in [-0.2, -0.15) is 0 Å². The number of carbonyl (C=O) groups is 1.